The van der Waals surface area contributed by atoms with Gasteiger partial charge < -0.3 is 10.4 Å². The number of aryl methyl sites for hydroxylation is 1. The Morgan fingerprint density at radius 3 is 2.18 bits per heavy atom. The number of hydrogen-bond donors (Lipinski definition) is 2. The van der Waals surface area contributed by atoms with E-state index in [1.165, 1.54) is 19.1 Å². The third-order valence-electron chi connectivity index (χ3n) is 3.51. The average Bonchev–Trinajstić information content (AvgIpc) is 2.45. The maximum Gasteiger partial charge on any atom is 0.238 e. The van der Waals surface area contributed by atoms with Crippen molar-refractivity contribution < 1.29 is 18.3 Å². The lowest BCUT2D eigenvalue weighted by molar-refractivity contribution is -0.121. The van der Waals surface area contributed by atoms with Crippen LogP contribution in [-0.2, 0) is 14.6 Å². The fourth-order valence-electron chi connectivity index (χ4n) is 2.14. The molecule has 0 aliphatic heterocycles. The number of sulfone groups is 1. The van der Waals surface area contributed by atoms with Crippen LogP contribution in [0.25, 0.3) is 0 Å². The summed E-state index contributed by atoms with van der Waals surface area (Å²) in [6, 6.07) is 5.99. The van der Waals surface area contributed by atoms with Gasteiger partial charge in [0.15, 0.2) is 9.84 Å². The molecule has 2 atom stereocenters. The third-order valence-corrected chi connectivity index (χ3v) is 5.58. The van der Waals surface area contributed by atoms with Gasteiger partial charge in [0.05, 0.1) is 17.5 Å². The molecule has 1 amide bonds. The van der Waals surface area contributed by atoms with E-state index in [4.69, 9.17) is 0 Å². The number of aliphatic hydroxyl groups excluding tert-OH is 1. The van der Waals surface area contributed by atoms with Crippen LogP contribution >= 0.6 is 0 Å². The van der Waals surface area contributed by atoms with Crippen molar-refractivity contribution >= 4 is 15.7 Å². The Morgan fingerprint density at radius 1 is 1.18 bits per heavy atom. The van der Waals surface area contributed by atoms with Gasteiger partial charge in [-0.15, -0.1) is 0 Å². The topological polar surface area (TPSA) is 83.5 Å². The fourth-order valence-corrected chi connectivity index (χ4v) is 3.41. The molecule has 22 heavy (non-hydrogen) atoms. The summed E-state index contributed by atoms with van der Waals surface area (Å²) in [4.78, 5) is 12.3. The van der Waals surface area contributed by atoms with E-state index >= 15 is 0 Å². The SMILES string of the molecule is Cc1ccc(S(=O)(=O)C(C)C(=O)N[C@@H](CO)CC(C)C)cc1. The lowest BCUT2D eigenvalue weighted by Gasteiger charge is -2.21. The van der Waals surface area contributed by atoms with E-state index in [0.717, 1.165) is 5.56 Å². The molecule has 6 heteroatoms. The number of rotatable bonds is 7. The minimum Gasteiger partial charge on any atom is -0.394 e. The molecule has 0 aliphatic rings. The first-order valence-electron chi connectivity index (χ1n) is 7.40. The quantitative estimate of drug-likeness (QED) is 0.798. The second-order valence-electron chi connectivity index (χ2n) is 6.02. The third kappa shape index (κ3) is 4.81. The van der Waals surface area contributed by atoms with Crippen molar-refractivity contribution in [2.45, 2.75) is 50.3 Å². The highest BCUT2D eigenvalue weighted by Crippen LogP contribution is 2.17. The van der Waals surface area contributed by atoms with E-state index in [9.17, 15) is 18.3 Å². The molecule has 1 aromatic rings. The van der Waals surface area contributed by atoms with Gasteiger partial charge in [-0.25, -0.2) is 8.42 Å². The Morgan fingerprint density at radius 2 is 1.73 bits per heavy atom. The van der Waals surface area contributed by atoms with Crippen molar-refractivity contribution in [2.75, 3.05) is 6.61 Å². The molecular formula is C16H25NO4S. The van der Waals surface area contributed by atoms with Crippen molar-refractivity contribution in [3.8, 4) is 0 Å². The molecule has 0 bridgehead atoms. The summed E-state index contributed by atoms with van der Waals surface area (Å²) in [7, 11) is -3.73. The van der Waals surface area contributed by atoms with Crippen LogP contribution in [0.1, 0.15) is 32.8 Å². The van der Waals surface area contributed by atoms with E-state index in [0.29, 0.717) is 12.3 Å². The molecule has 0 aliphatic carbocycles. The molecule has 0 fully saturated rings. The van der Waals surface area contributed by atoms with Crippen molar-refractivity contribution in [3.05, 3.63) is 29.8 Å². The van der Waals surface area contributed by atoms with Crippen LogP contribution in [0.3, 0.4) is 0 Å². The Balaban J connectivity index is 2.86. The van der Waals surface area contributed by atoms with Crippen LogP contribution in [0.15, 0.2) is 29.2 Å². The van der Waals surface area contributed by atoms with Gasteiger partial charge in [0.25, 0.3) is 0 Å². The van der Waals surface area contributed by atoms with Gasteiger partial charge in [0.2, 0.25) is 5.91 Å². The van der Waals surface area contributed by atoms with E-state index in [1.807, 2.05) is 20.8 Å². The molecular weight excluding hydrogens is 302 g/mol. The molecule has 1 rings (SSSR count). The van der Waals surface area contributed by atoms with E-state index in [-0.39, 0.29) is 11.5 Å². The summed E-state index contributed by atoms with van der Waals surface area (Å²) < 4.78 is 24.9. The molecule has 0 saturated heterocycles. The summed E-state index contributed by atoms with van der Waals surface area (Å²) in [5.74, 6) is -0.290. The van der Waals surface area contributed by atoms with Crippen molar-refractivity contribution in [3.63, 3.8) is 0 Å². The molecule has 1 unspecified atom stereocenters. The maximum atomic E-state index is 12.5. The lowest BCUT2D eigenvalue weighted by Crippen LogP contribution is -2.45. The summed E-state index contributed by atoms with van der Waals surface area (Å²) >= 11 is 0. The minimum absolute atomic E-state index is 0.130. The van der Waals surface area contributed by atoms with Gasteiger partial charge in [0, 0.05) is 0 Å². The lowest BCUT2D eigenvalue weighted by atomic mass is 10.0. The van der Waals surface area contributed by atoms with Gasteiger partial charge in [0.1, 0.15) is 5.25 Å². The number of carbonyl (C=O) groups excluding carboxylic acids is 1. The van der Waals surface area contributed by atoms with E-state index < -0.39 is 27.0 Å². The highest BCUT2D eigenvalue weighted by molar-refractivity contribution is 7.92. The molecule has 0 heterocycles. The predicted molar refractivity (Wildman–Crippen MR) is 86.3 cm³/mol. The van der Waals surface area contributed by atoms with Crippen molar-refractivity contribution in [1.82, 2.24) is 5.32 Å². The fraction of sp³-hybridized carbons (Fsp3) is 0.562. The Bertz CT molecular complexity index is 593. The largest absolute Gasteiger partial charge is 0.394 e. The van der Waals surface area contributed by atoms with Crippen molar-refractivity contribution in [2.24, 2.45) is 5.92 Å². The molecule has 1 aromatic carbocycles. The zero-order chi connectivity index (χ0) is 16.9. The Labute approximate surface area is 132 Å². The average molecular weight is 327 g/mol. The van der Waals surface area contributed by atoms with Crippen LogP contribution in [0.2, 0.25) is 0 Å². The van der Waals surface area contributed by atoms with E-state index in [1.54, 1.807) is 12.1 Å². The Hall–Kier alpha value is -1.40. The zero-order valence-electron chi connectivity index (χ0n) is 13.5. The first-order valence-corrected chi connectivity index (χ1v) is 8.95. The number of aliphatic hydroxyl groups is 1. The normalized spacial score (nSPS) is 14.6. The van der Waals surface area contributed by atoms with Crippen molar-refractivity contribution in [1.29, 1.82) is 0 Å². The summed E-state index contributed by atoms with van der Waals surface area (Å²) in [5.41, 5.74) is 0.952. The van der Waals surface area contributed by atoms with Crippen LogP contribution in [0.4, 0.5) is 0 Å². The summed E-state index contributed by atoms with van der Waals surface area (Å²) in [6.07, 6.45) is 0.597. The first kappa shape index (κ1) is 18.6. The zero-order valence-corrected chi connectivity index (χ0v) is 14.4. The molecule has 0 saturated carbocycles. The standard InChI is InChI=1S/C16H25NO4S/c1-11(2)9-14(10-18)17-16(19)13(4)22(20,21)15-7-5-12(3)6-8-15/h5-8,11,13-14,18H,9-10H2,1-4H3,(H,17,19)/t13?,14-/m1/s1. The first-order chi connectivity index (χ1) is 10.2. The summed E-state index contributed by atoms with van der Waals surface area (Å²) in [5, 5.41) is 10.7. The molecule has 0 spiro atoms. The van der Waals surface area contributed by atoms with Crippen LogP contribution in [-0.4, -0.2) is 37.3 Å². The predicted octanol–water partition coefficient (Wildman–Crippen LogP) is 1.68. The molecule has 124 valence electrons. The number of benzene rings is 1. The number of amides is 1. The van der Waals surface area contributed by atoms with Crippen LogP contribution in [0, 0.1) is 12.8 Å². The molecule has 0 radical (unpaired) electrons. The van der Waals surface area contributed by atoms with Gasteiger partial charge >= 0.3 is 0 Å². The number of carbonyl (C=O) groups is 1. The second kappa shape index (κ2) is 7.74. The maximum absolute atomic E-state index is 12.5. The highest BCUT2D eigenvalue weighted by Gasteiger charge is 2.30. The Kier molecular flexibility index (Phi) is 6.56. The number of nitrogens with one attached hydrogen (secondary N) is 1. The monoisotopic (exact) mass is 327 g/mol. The highest BCUT2D eigenvalue weighted by atomic mass is 32.2. The van der Waals surface area contributed by atoms with Crippen LogP contribution in [0.5, 0.6) is 0 Å². The number of hydrogen-bond acceptors (Lipinski definition) is 4. The van der Waals surface area contributed by atoms with Gasteiger partial charge in [-0.05, 0) is 38.3 Å². The second-order valence-corrected chi connectivity index (χ2v) is 8.29. The molecule has 2 N–H and O–H groups in total. The summed E-state index contributed by atoms with van der Waals surface area (Å²) in [6.45, 7) is 6.97. The molecule has 5 nitrogen and oxygen atoms in total. The van der Waals surface area contributed by atoms with Gasteiger partial charge in [-0.1, -0.05) is 31.5 Å². The van der Waals surface area contributed by atoms with Crippen LogP contribution < -0.4 is 5.32 Å². The van der Waals surface area contributed by atoms with Gasteiger partial charge in [-0.2, -0.15) is 0 Å². The van der Waals surface area contributed by atoms with E-state index in [2.05, 4.69) is 5.32 Å². The molecule has 0 aromatic heterocycles. The smallest absolute Gasteiger partial charge is 0.238 e. The van der Waals surface area contributed by atoms with Gasteiger partial charge in [-0.3, -0.25) is 4.79 Å². The minimum atomic E-state index is -3.73.